The molecule has 1 amide bonds. The standard InChI is InChI=1S/C22H24Cl2N4O2/c1-22(2,3)9-10-27(13-15-7-5-4-6-8-15)21(30)20-25-14-28(26-20)16-11-17(23)19(29)18(24)12-16/h4-8,11-12,14,29H,9-10,13H2,1-3H3. The highest BCUT2D eigenvalue weighted by Crippen LogP contribution is 2.33. The van der Waals surface area contributed by atoms with Crippen LogP contribution in [0.25, 0.3) is 5.69 Å². The maximum Gasteiger partial charge on any atom is 0.293 e. The van der Waals surface area contributed by atoms with Gasteiger partial charge in [0.05, 0.1) is 15.7 Å². The predicted molar refractivity (Wildman–Crippen MR) is 118 cm³/mol. The molecule has 0 aliphatic carbocycles. The maximum absolute atomic E-state index is 13.2. The summed E-state index contributed by atoms with van der Waals surface area (Å²) in [6, 6.07) is 12.8. The van der Waals surface area contributed by atoms with Crippen LogP contribution in [0.1, 0.15) is 43.4 Å². The van der Waals surface area contributed by atoms with Gasteiger partial charge < -0.3 is 10.0 Å². The number of rotatable bonds is 6. The molecule has 1 N–H and O–H groups in total. The van der Waals surface area contributed by atoms with Gasteiger partial charge in [0, 0.05) is 13.1 Å². The van der Waals surface area contributed by atoms with Crippen molar-refractivity contribution in [3.8, 4) is 11.4 Å². The summed E-state index contributed by atoms with van der Waals surface area (Å²) < 4.78 is 1.41. The van der Waals surface area contributed by atoms with Gasteiger partial charge in [-0.05, 0) is 29.5 Å². The lowest BCUT2D eigenvalue weighted by molar-refractivity contribution is 0.0712. The first kappa shape index (κ1) is 22.1. The van der Waals surface area contributed by atoms with E-state index in [2.05, 4.69) is 30.9 Å². The zero-order valence-electron chi connectivity index (χ0n) is 17.1. The smallest absolute Gasteiger partial charge is 0.293 e. The molecule has 3 rings (SSSR count). The van der Waals surface area contributed by atoms with Crippen LogP contribution >= 0.6 is 23.2 Å². The quantitative estimate of drug-likeness (QED) is 0.553. The van der Waals surface area contributed by atoms with Crippen molar-refractivity contribution in [1.82, 2.24) is 19.7 Å². The van der Waals surface area contributed by atoms with Crippen LogP contribution in [0.2, 0.25) is 10.0 Å². The van der Waals surface area contributed by atoms with Gasteiger partial charge in [-0.25, -0.2) is 9.67 Å². The molecule has 158 valence electrons. The lowest BCUT2D eigenvalue weighted by atomic mass is 9.92. The molecule has 0 radical (unpaired) electrons. The van der Waals surface area contributed by atoms with Gasteiger partial charge >= 0.3 is 0 Å². The number of aromatic hydroxyl groups is 1. The average molecular weight is 447 g/mol. The fourth-order valence-electron chi connectivity index (χ4n) is 2.84. The molecule has 6 nitrogen and oxygen atoms in total. The summed E-state index contributed by atoms with van der Waals surface area (Å²) in [5.41, 5.74) is 1.62. The number of halogens is 2. The van der Waals surface area contributed by atoms with Gasteiger partial charge in [0.2, 0.25) is 5.82 Å². The topological polar surface area (TPSA) is 71.2 Å². The van der Waals surface area contributed by atoms with E-state index >= 15 is 0 Å². The minimum absolute atomic E-state index is 0.0835. The zero-order chi connectivity index (χ0) is 21.9. The Morgan fingerprint density at radius 3 is 2.37 bits per heavy atom. The van der Waals surface area contributed by atoms with E-state index in [0.29, 0.717) is 18.8 Å². The van der Waals surface area contributed by atoms with Crippen LogP contribution in [0.5, 0.6) is 5.75 Å². The minimum atomic E-state index is -0.252. The number of carbonyl (C=O) groups is 1. The first-order valence-electron chi connectivity index (χ1n) is 9.57. The maximum atomic E-state index is 13.2. The fourth-order valence-corrected chi connectivity index (χ4v) is 3.31. The van der Waals surface area contributed by atoms with E-state index in [0.717, 1.165) is 12.0 Å². The third-order valence-corrected chi connectivity index (χ3v) is 5.16. The molecule has 0 spiro atoms. The van der Waals surface area contributed by atoms with Crippen LogP contribution in [-0.2, 0) is 6.54 Å². The molecule has 0 aliphatic rings. The molecule has 0 aliphatic heterocycles. The number of carbonyl (C=O) groups excluding carboxylic acids is 1. The Kier molecular flexibility index (Phi) is 6.68. The van der Waals surface area contributed by atoms with Crippen molar-refractivity contribution in [1.29, 1.82) is 0 Å². The number of aromatic nitrogens is 3. The van der Waals surface area contributed by atoms with E-state index in [-0.39, 0.29) is 32.9 Å². The summed E-state index contributed by atoms with van der Waals surface area (Å²) in [6.45, 7) is 7.49. The van der Waals surface area contributed by atoms with E-state index < -0.39 is 0 Å². The van der Waals surface area contributed by atoms with E-state index in [9.17, 15) is 9.90 Å². The van der Waals surface area contributed by atoms with Crippen LogP contribution in [0, 0.1) is 5.41 Å². The summed E-state index contributed by atoms with van der Waals surface area (Å²) in [4.78, 5) is 19.1. The molecule has 0 saturated carbocycles. The van der Waals surface area contributed by atoms with Gasteiger partial charge in [-0.15, -0.1) is 5.10 Å². The monoisotopic (exact) mass is 446 g/mol. The average Bonchev–Trinajstić information content (AvgIpc) is 3.19. The summed E-state index contributed by atoms with van der Waals surface area (Å²) >= 11 is 12.0. The second-order valence-electron chi connectivity index (χ2n) is 8.29. The first-order valence-corrected chi connectivity index (χ1v) is 10.3. The Labute approximate surface area is 186 Å². The lowest BCUT2D eigenvalue weighted by Crippen LogP contribution is -2.34. The molecule has 2 aromatic carbocycles. The molecule has 1 aromatic heterocycles. The fraction of sp³-hybridized carbons (Fsp3) is 0.318. The molecule has 8 heteroatoms. The Balaban J connectivity index is 1.85. The normalized spacial score (nSPS) is 11.5. The highest BCUT2D eigenvalue weighted by molar-refractivity contribution is 6.37. The number of amides is 1. The molecular formula is C22H24Cl2N4O2. The van der Waals surface area contributed by atoms with Crippen LogP contribution in [0.4, 0.5) is 0 Å². The highest BCUT2D eigenvalue weighted by atomic mass is 35.5. The van der Waals surface area contributed by atoms with Gasteiger partial charge in [0.1, 0.15) is 6.33 Å². The number of nitrogens with zero attached hydrogens (tertiary/aromatic N) is 4. The summed E-state index contributed by atoms with van der Waals surface area (Å²) in [5.74, 6) is -0.368. The number of hydrogen-bond donors (Lipinski definition) is 1. The largest absolute Gasteiger partial charge is 0.505 e. The Hall–Kier alpha value is -2.57. The first-order chi connectivity index (χ1) is 14.1. The Bertz CT molecular complexity index is 1010. The molecule has 1 heterocycles. The number of benzene rings is 2. The van der Waals surface area contributed by atoms with E-state index in [1.165, 1.54) is 23.1 Å². The summed E-state index contributed by atoms with van der Waals surface area (Å²) in [5, 5.41) is 14.2. The van der Waals surface area contributed by atoms with Gasteiger partial charge in [-0.3, -0.25) is 4.79 Å². The van der Waals surface area contributed by atoms with Crippen molar-refractivity contribution >= 4 is 29.1 Å². The molecule has 0 saturated heterocycles. The van der Waals surface area contributed by atoms with E-state index in [1.807, 2.05) is 30.3 Å². The zero-order valence-corrected chi connectivity index (χ0v) is 18.7. The van der Waals surface area contributed by atoms with Crippen molar-refractivity contribution in [3.63, 3.8) is 0 Å². The lowest BCUT2D eigenvalue weighted by Gasteiger charge is -2.26. The van der Waals surface area contributed by atoms with Crippen molar-refractivity contribution in [2.45, 2.75) is 33.7 Å². The van der Waals surface area contributed by atoms with Crippen molar-refractivity contribution in [3.05, 3.63) is 70.2 Å². The molecule has 30 heavy (non-hydrogen) atoms. The third kappa shape index (κ3) is 5.52. The summed E-state index contributed by atoms with van der Waals surface area (Å²) in [7, 11) is 0. The predicted octanol–water partition coefficient (Wildman–Crippen LogP) is 5.36. The molecule has 0 unspecified atom stereocenters. The molecule has 0 atom stereocenters. The Morgan fingerprint density at radius 1 is 1.13 bits per heavy atom. The molecule has 0 bridgehead atoms. The Morgan fingerprint density at radius 2 is 1.77 bits per heavy atom. The van der Waals surface area contributed by atoms with Crippen LogP contribution < -0.4 is 0 Å². The summed E-state index contributed by atoms with van der Waals surface area (Å²) in [6.07, 6.45) is 2.27. The number of phenols is 1. The molecular weight excluding hydrogens is 423 g/mol. The second-order valence-corrected chi connectivity index (χ2v) is 9.11. The van der Waals surface area contributed by atoms with Gasteiger partial charge in [0.15, 0.2) is 5.75 Å². The second kappa shape index (κ2) is 9.06. The van der Waals surface area contributed by atoms with E-state index in [1.54, 1.807) is 4.90 Å². The van der Waals surface area contributed by atoms with Crippen molar-refractivity contribution in [2.24, 2.45) is 5.41 Å². The number of hydrogen-bond acceptors (Lipinski definition) is 4. The van der Waals surface area contributed by atoms with Gasteiger partial charge in [0.25, 0.3) is 5.91 Å². The minimum Gasteiger partial charge on any atom is -0.505 e. The molecule has 0 fully saturated rings. The molecule has 3 aromatic rings. The van der Waals surface area contributed by atoms with Gasteiger partial charge in [-0.1, -0.05) is 74.3 Å². The van der Waals surface area contributed by atoms with Crippen molar-refractivity contribution < 1.29 is 9.90 Å². The van der Waals surface area contributed by atoms with Crippen LogP contribution in [0.15, 0.2) is 48.8 Å². The SMILES string of the molecule is CC(C)(C)CCN(Cc1ccccc1)C(=O)c1ncn(-c2cc(Cl)c(O)c(Cl)c2)n1. The van der Waals surface area contributed by atoms with Crippen LogP contribution in [-0.4, -0.2) is 37.2 Å². The third-order valence-electron chi connectivity index (χ3n) is 4.58. The number of phenolic OH excluding ortho intramolecular Hbond substituents is 1. The van der Waals surface area contributed by atoms with Gasteiger partial charge in [-0.2, -0.15) is 0 Å². The van der Waals surface area contributed by atoms with Crippen molar-refractivity contribution in [2.75, 3.05) is 6.54 Å². The van der Waals surface area contributed by atoms with Crippen LogP contribution in [0.3, 0.4) is 0 Å². The van der Waals surface area contributed by atoms with E-state index in [4.69, 9.17) is 23.2 Å². The highest BCUT2D eigenvalue weighted by Gasteiger charge is 2.23.